The summed E-state index contributed by atoms with van der Waals surface area (Å²) in [6, 6.07) is 16.9. The molecular formula is C22H27N3O2S. The van der Waals surface area contributed by atoms with Crippen molar-refractivity contribution in [3.63, 3.8) is 0 Å². The standard InChI is InChI=1S/C22H27N3O2S/c1-22(2,3)20-8-10-21(11-9-20)28(26,27)25-14-12-24(13-15-25)17-19-6-4-18(16-23)5-7-19/h4-11H,12-15,17H2,1-3H3. The quantitative estimate of drug-likeness (QED) is 0.794. The highest BCUT2D eigenvalue weighted by Gasteiger charge is 2.28. The molecular weight excluding hydrogens is 370 g/mol. The summed E-state index contributed by atoms with van der Waals surface area (Å²) in [4.78, 5) is 2.61. The molecule has 0 bridgehead atoms. The van der Waals surface area contributed by atoms with Gasteiger partial charge in [0.05, 0.1) is 16.5 Å². The molecule has 28 heavy (non-hydrogen) atoms. The van der Waals surface area contributed by atoms with E-state index < -0.39 is 10.0 Å². The van der Waals surface area contributed by atoms with Crippen LogP contribution in [0.2, 0.25) is 0 Å². The number of hydrogen-bond acceptors (Lipinski definition) is 4. The first-order valence-corrected chi connectivity index (χ1v) is 11.0. The fourth-order valence-electron chi connectivity index (χ4n) is 3.35. The monoisotopic (exact) mass is 397 g/mol. The van der Waals surface area contributed by atoms with Gasteiger partial charge in [-0.05, 0) is 40.8 Å². The molecule has 0 spiro atoms. The number of rotatable bonds is 4. The van der Waals surface area contributed by atoms with Gasteiger partial charge in [-0.1, -0.05) is 45.0 Å². The van der Waals surface area contributed by atoms with E-state index >= 15 is 0 Å². The highest BCUT2D eigenvalue weighted by Crippen LogP contribution is 2.25. The summed E-state index contributed by atoms with van der Waals surface area (Å²) in [5, 5.41) is 8.88. The van der Waals surface area contributed by atoms with E-state index in [1.807, 2.05) is 36.4 Å². The first-order chi connectivity index (χ1) is 13.2. The molecule has 0 unspecified atom stereocenters. The van der Waals surface area contributed by atoms with Crippen LogP contribution in [0.4, 0.5) is 0 Å². The van der Waals surface area contributed by atoms with Crippen molar-refractivity contribution in [2.45, 2.75) is 37.6 Å². The third kappa shape index (κ3) is 4.61. The largest absolute Gasteiger partial charge is 0.296 e. The lowest BCUT2D eigenvalue weighted by Crippen LogP contribution is -2.48. The second-order valence-electron chi connectivity index (χ2n) is 8.26. The van der Waals surface area contributed by atoms with Crippen LogP contribution in [0.5, 0.6) is 0 Å². The number of piperazine rings is 1. The maximum absolute atomic E-state index is 13.0. The Labute approximate surface area is 168 Å². The Balaban J connectivity index is 1.62. The van der Waals surface area contributed by atoms with E-state index in [1.54, 1.807) is 16.4 Å². The maximum Gasteiger partial charge on any atom is 0.243 e. The van der Waals surface area contributed by atoms with Gasteiger partial charge in [0.25, 0.3) is 0 Å². The van der Waals surface area contributed by atoms with Crippen LogP contribution in [0.3, 0.4) is 0 Å². The van der Waals surface area contributed by atoms with Crippen molar-refractivity contribution in [3.05, 3.63) is 65.2 Å². The summed E-state index contributed by atoms with van der Waals surface area (Å²) >= 11 is 0. The molecule has 0 saturated carbocycles. The van der Waals surface area contributed by atoms with Crippen molar-refractivity contribution in [1.29, 1.82) is 5.26 Å². The lowest BCUT2D eigenvalue weighted by molar-refractivity contribution is 0.181. The fourth-order valence-corrected chi connectivity index (χ4v) is 4.77. The molecule has 0 radical (unpaired) electrons. The molecule has 148 valence electrons. The van der Waals surface area contributed by atoms with E-state index in [0.29, 0.717) is 36.6 Å². The summed E-state index contributed by atoms with van der Waals surface area (Å²) in [6.07, 6.45) is 0. The van der Waals surface area contributed by atoms with Crippen LogP contribution in [0.25, 0.3) is 0 Å². The lowest BCUT2D eigenvalue weighted by Gasteiger charge is -2.34. The molecule has 0 amide bonds. The number of sulfonamides is 1. The van der Waals surface area contributed by atoms with Gasteiger partial charge >= 0.3 is 0 Å². The minimum atomic E-state index is -3.46. The van der Waals surface area contributed by atoms with E-state index in [2.05, 4.69) is 31.7 Å². The zero-order valence-corrected chi connectivity index (χ0v) is 17.5. The molecule has 1 heterocycles. The van der Waals surface area contributed by atoms with Gasteiger partial charge in [0.2, 0.25) is 10.0 Å². The summed E-state index contributed by atoms with van der Waals surface area (Å²) in [5.41, 5.74) is 2.91. The topological polar surface area (TPSA) is 64.4 Å². The van der Waals surface area contributed by atoms with E-state index in [1.165, 1.54) is 0 Å². The molecule has 0 N–H and O–H groups in total. The number of nitrogens with zero attached hydrogens (tertiary/aromatic N) is 3. The molecule has 1 fully saturated rings. The molecule has 3 rings (SSSR count). The highest BCUT2D eigenvalue weighted by molar-refractivity contribution is 7.89. The first kappa shape index (κ1) is 20.5. The van der Waals surface area contributed by atoms with Crippen LogP contribution in [0.1, 0.15) is 37.5 Å². The zero-order chi connectivity index (χ0) is 20.4. The second kappa shape index (κ2) is 8.04. The van der Waals surface area contributed by atoms with Crippen LogP contribution >= 0.6 is 0 Å². The summed E-state index contributed by atoms with van der Waals surface area (Å²) in [7, 11) is -3.46. The number of hydrogen-bond donors (Lipinski definition) is 0. The second-order valence-corrected chi connectivity index (χ2v) is 10.2. The Morgan fingerprint density at radius 2 is 1.50 bits per heavy atom. The van der Waals surface area contributed by atoms with Gasteiger partial charge in [-0.3, -0.25) is 4.90 Å². The molecule has 1 aliphatic heterocycles. The van der Waals surface area contributed by atoms with Gasteiger partial charge in [0.1, 0.15) is 0 Å². The highest BCUT2D eigenvalue weighted by atomic mass is 32.2. The predicted molar refractivity (Wildman–Crippen MR) is 110 cm³/mol. The number of benzene rings is 2. The Kier molecular flexibility index (Phi) is 5.90. The maximum atomic E-state index is 13.0. The van der Waals surface area contributed by atoms with Crippen molar-refractivity contribution in [2.75, 3.05) is 26.2 Å². The van der Waals surface area contributed by atoms with Crippen LogP contribution < -0.4 is 0 Å². The Morgan fingerprint density at radius 1 is 0.929 bits per heavy atom. The van der Waals surface area contributed by atoms with Crippen LogP contribution in [-0.2, 0) is 22.0 Å². The van der Waals surface area contributed by atoms with Crippen LogP contribution in [-0.4, -0.2) is 43.8 Å². The van der Waals surface area contributed by atoms with Gasteiger partial charge in [-0.2, -0.15) is 9.57 Å². The molecule has 6 heteroatoms. The normalized spacial score (nSPS) is 16.6. The number of nitriles is 1. The zero-order valence-electron chi connectivity index (χ0n) is 16.7. The van der Waals surface area contributed by atoms with Crippen molar-refractivity contribution in [2.24, 2.45) is 0 Å². The van der Waals surface area contributed by atoms with E-state index in [0.717, 1.165) is 17.7 Å². The summed E-state index contributed by atoms with van der Waals surface area (Å²) < 4.78 is 27.5. The third-order valence-electron chi connectivity index (χ3n) is 5.18. The Bertz CT molecular complexity index is 945. The van der Waals surface area contributed by atoms with Crippen molar-refractivity contribution >= 4 is 10.0 Å². The predicted octanol–water partition coefficient (Wildman–Crippen LogP) is 3.36. The summed E-state index contributed by atoms with van der Waals surface area (Å²) in [5.74, 6) is 0. The Hall–Kier alpha value is -2.20. The van der Waals surface area contributed by atoms with Gasteiger partial charge in [0, 0.05) is 32.7 Å². The van der Waals surface area contributed by atoms with Gasteiger partial charge in [-0.15, -0.1) is 0 Å². The molecule has 2 aromatic rings. The smallest absolute Gasteiger partial charge is 0.243 e. The minimum Gasteiger partial charge on any atom is -0.296 e. The fraction of sp³-hybridized carbons (Fsp3) is 0.409. The van der Waals surface area contributed by atoms with Crippen molar-refractivity contribution < 1.29 is 8.42 Å². The average Bonchev–Trinajstić information content (AvgIpc) is 2.68. The molecule has 0 aliphatic carbocycles. The van der Waals surface area contributed by atoms with E-state index in [9.17, 15) is 8.42 Å². The lowest BCUT2D eigenvalue weighted by atomic mass is 9.87. The van der Waals surface area contributed by atoms with E-state index in [4.69, 9.17) is 5.26 Å². The van der Waals surface area contributed by atoms with Crippen molar-refractivity contribution in [3.8, 4) is 6.07 Å². The molecule has 0 atom stereocenters. The SMILES string of the molecule is CC(C)(C)c1ccc(S(=O)(=O)N2CCN(Cc3ccc(C#N)cc3)CC2)cc1. The van der Waals surface area contributed by atoms with Gasteiger partial charge in [0.15, 0.2) is 0 Å². The average molecular weight is 398 g/mol. The van der Waals surface area contributed by atoms with Crippen LogP contribution in [0.15, 0.2) is 53.4 Å². The first-order valence-electron chi connectivity index (χ1n) is 9.52. The third-order valence-corrected chi connectivity index (χ3v) is 7.09. The van der Waals surface area contributed by atoms with Gasteiger partial charge in [-0.25, -0.2) is 8.42 Å². The Morgan fingerprint density at radius 3 is 2.00 bits per heavy atom. The molecule has 1 aliphatic rings. The molecule has 5 nitrogen and oxygen atoms in total. The molecule has 1 saturated heterocycles. The molecule has 0 aromatic heterocycles. The minimum absolute atomic E-state index is 0.000635. The van der Waals surface area contributed by atoms with Crippen LogP contribution in [0, 0.1) is 11.3 Å². The van der Waals surface area contributed by atoms with E-state index in [-0.39, 0.29) is 5.41 Å². The van der Waals surface area contributed by atoms with Crippen molar-refractivity contribution in [1.82, 2.24) is 9.21 Å². The molecule has 2 aromatic carbocycles. The van der Waals surface area contributed by atoms with Gasteiger partial charge < -0.3 is 0 Å². The summed E-state index contributed by atoms with van der Waals surface area (Å²) in [6.45, 7) is 9.47.